The van der Waals surface area contributed by atoms with Crippen molar-refractivity contribution in [3.8, 4) is 0 Å². The van der Waals surface area contributed by atoms with Gasteiger partial charge in [0.05, 0.1) is 11.9 Å². The fraction of sp³-hybridized carbons (Fsp3) is 0.857. The van der Waals surface area contributed by atoms with E-state index in [2.05, 4.69) is 19.9 Å². The highest BCUT2D eigenvalue weighted by Gasteiger charge is 2.24. The zero-order chi connectivity index (χ0) is 13.8. The van der Waals surface area contributed by atoms with Crippen LogP contribution in [0, 0.1) is 11.8 Å². The highest BCUT2D eigenvalue weighted by atomic mass is 32.2. The van der Waals surface area contributed by atoms with Gasteiger partial charge < -0.3 is 5.11 Å². The lowest BCUT2D eigenvalue weighted by Gasteiger charge is -2.29. The lowest BCUT2D eigenvalue weighted by molar-refractivity contribution is 0.0845. The molecule has 0 heterocycles. The number of allylic oxidation sites excluding steroid dienone is 2. The number of aliphatic hydroxyl groups is 1. The molecule has 1 aliphatic rings. The van der Waals surface area contributed by atoms with Gasteiger partial charge in [0.15, 0.2) is 0 Å². The molecule has 0 aromatic carbocycles. The van der Waals surface area contributed by atoms with Gasteiger partial charge in [-0.05, 0) is 44.4 Å². The van der Waals surface area contributed by atoms with E-state index in [9.17, 15) is 13.5 Å². The molecule has 0 fully saturated rings. The summed E-state index contributed by atoms with van der Waals surface area (Å²) in [6.45, 7) is 5.95. The number of sulfone groups is 1. The SMILES string of the molecule is CCS(=O)(=O)CCCC(O)C1CC(C)=CC(C)C1. The van der Waals surface area contributed by atoms with Crippen molar-refractivity contribution in [2.75, 3.05) is 11.5 Å². The van der Waals surface area contributed by atoms with Crippen LogP contribution in [0.4, 0.5) is 0 Å². The first-order chi connectivity index (χ1) is 8.34. The Morgan fingerprint density at radius 3 is 2.72 bits per heavy atom. The first kappa shape index (κ1) is 15.7. The lowest BCUT2D eigenvalue weighted by atomic mass is 9.79. The van der Waals surface area contributed by atoms with E-state index in [0.717, 1.165) is 12.8 Å². The quantitative estimate of drug-likeness (QED) is 0.757. The van der Waals surface area contributed by atoms with Gasteiger partial charge in [0.1, 0.15) is 9.84 Å². The van der Waals surface area contributed by atoms with E-state index < -0.39 is 9.84 Å². The molecular weight excluding hydrogens is 248 g/mol. The predicted octanol–water partition coefficient (Wildman–Crippen LogP) is 2.55. The molecule has 4 heteroatoms. The van der Waals surface area contributed by atoms with E-state index in [0.29, 0.717) is 24.7 Å². The van der Waals surface area contributed by atoms with E-state index in [1.807, 2.05) is 0 Å². The lowest BCUT2D eigenvalue weighted by Crippen LogP contribution is -2.26. The Morgan fingerprint density at radius 1 is 1.50 bits per heavy atom. The van der Waals surface area contributed by atoms with Gasteiger partial charge in [-0.15, -0.1) is 0 Å². The molecule has 18 heavy (non-hydrogen) atoms. The summed E-state index contributed by atoms with van der Waals surface area (Å²) in [6, 6.07) is 0. The number of hydrogen-bond acceptors (Lipinski definition) is 3. The van der Waals surface area contributed by atoms with Crippen molar-refractivity contribution < 1.29 is 13.5 Å². The molecule has 3 nitrogen and oxygen atoms in total. The minimum atomic E-state index is -2.89. The van der Waals surface area contributed by atoms with Gasteiger partial charge in [-0.25, -0.2) is 8.42 Å². The average Bonchev–Trinajstić information content (AvgIpc) is 2.27. The second-order valence-corrected chi connectivity index (χ2v) is 8.11. The molecule has 3 atom stereocenters. The Kier molecular flexibility index (Phi) is 5.86. The van der Waals surface area contributed by atoms with Gasteiger partial charge in [0.2, 0.25) is 0 Å². The monoisotopic (exact) mass is 274 g/mol. The van der Waals surface area contributed by atoms with Crippen LogP contribution < -0.4 is 0 Å². The van der Waals surface area contributed by atoms with Gasteiger partial charge in [-0.3, -0.25) is 0 Å². The Morgan fingerprint density at radius 2 is 2.17 bits per heavy atom. The van der Waals surface area contributed by atoms with Crippen molar-refractivity contribution in [1.29, 1.82) is 0 Å². The average molecular weight is 274 g/mol. The molecular formula is C14H26O3S. The molecule has 1 rings (SSSR count). The summed E-state index contributed by atoms with van der Waals surface area (Å²) < 4.78 is 22.7. The van der Waals surface area contributed by atoms with Gasteiger partial charge in [-0.1, -0.05) is 25.5 Å². The van der Waals surface area contributed by atoms with E-state index in [4.69, 9.17) is 0 Å². The topological polar surface area (TPSA) is 54.4 Å². The van der Waals surface area contributed by atoms with Crippen molar-refractivity contribution in [3.05, 3.63) is 11.6 Å². The van der Waals surface area contributed by atoms with Crippen molar-refractivity contribution in [1.82, 2.24) is 0 Å². The van der Waals surface area contributed by atoms with Crippen LogP contribution in [0.25, 0.3) is 0 Å². The summed E-state index contributed by atoms with van der Waals surface area (Å²) in [7, 11) is -2.89. The van der Waals surface area contributed by atoms with Crippen molar-refractivity contribution >= 4 is 9.84 Å². The van der Waals surface area contributed by atoms with Gasteiger partial charge in [-0.2, -0.15) is 0 Å². The third-order valence-electron chi connectivity index (χ3n) is 3.77. The van der Waals surface area contributed by atoms with Crippen LogP contribution in [0.1, 0.15) is 46.5 Å². The Bertz CT molecular complexity index is 384. The standard InChI is InChI=1S/C14H26O3S/c1-4-18(16,17)7-5-6-14(15)13-9-11(2)8-12(3)10-13/h8,11,13-15H,4-7,9-10H2,1-3H3. The summed E-state index contributed by atoms with van der Waals surface area (Å²) in [4.78, 5) is 0. The Labute approximate surface area is 111 Å². The molecule has 0 radical (unpaired) electrons. The van der Waals surface area contributed by atoms with E-state index in [-0.39, 0.29) is 17.6 Å². The molecule has 0 aromatic rings. The normalized spacial score (nSPS) is 26.8. The van der Waals surface area contributed by atoms with E-state index >= 15 is 0 Å². The summed E-state index contributed by atoms with van der Waals surface area (Å²) >= 11 is 0. The highest BCUT2D eigenvalue weighted by molar-refractivity contribution is 7.91. The smallest absolute Gasteiger partial charge is 0.150 e. The molecule has 0 bridgehead atoms. The second-order valence-electron chi connectivity index (χ2n) is 5.64. The maximum Gasteiger partial charge on any atom is 0.150 e. The van der Waals surface area contributed by atoms with Gasteiger partial charge in [0, 0.05) is 5.75 Å². The minimum absolute atomic E-state index is 0.200. The molecule has 106 valence electrons. The fourth-order valence-electron chi connectivity index (χ4n) is 2.78. The first-order valence-electron chi connectivity index (χ1n) is 6.90. The Balaban J connectivity index is 2.38. The third kappa shape index (κ3) is 5.11. The summed E-state index contributed by atoms with van der Waals surface area (Å²) in [5.74, 6) is 1.23. The molecule has 0 spiro atoms. The molecule has 0 amide bonds. The number of aliphatic hydroxyl groups excluding tert-OH is 1. The fourth-order valence-corrected chi connectivity index (χ4v) is 3.68. The van der Waals surface area contributed by atoms with Crippen LogP contribution in [0.15, 0.2) is 11.6 Å². The van der Waals surface area contributed by atoms with Crippen molar-refractivity contribution in [2.45, 2.75) is 52.6 Å². The van der Waals surface area contributed by atoms with Crippen LogP contribution >= 0.6 is 0 Å². The molecule has 0 aliphatic heterocycles. The van der Waals surface area contributed by atoms with E-state index in [1.54, 1.807) is 6.92 Å². The molecule has 0 saturated heterocycles. The zero-order valence-electron chi connectivity index (χ0n) is 11.7. The third-order valence-corrected chi connectivity index (χ3v) is 5.56. The van der Waals surface area contributed by atoms with Crippen LogP contribution in [-0.2, 0) is 9.84 Å². The minimum Gasteiger partial charge on any atom is -0.393 e. The molecule has 0 aromatic heterocycles. The molecule has 0 saturated carbocycles. The summed E-state index contributed by atoms with van der Waals surface area (Å²) in [5, 5.41) is 10.2. The van der Waals surface area contributed by atoms with Crippen molar-refractivity contribution in [2.24, 2.45) is 11.8 Å². The predicted molar refractivity (Wildman–Crippen MR) is 75.2 cm³/mol. The zero-order valence-corrected chi connectivity index (χ0v) is 12.5. The summed E-state index contributed by atoms with van der Waals surface area (Å²) in [6.07, 6.45) is 5.05. The maximum atomic E-state index is 11.4. The Hall–Kier alpha value is -0.350. The van der Waals surface area contributed by atoms with E-state index in [1.165, 1.54) is 5.57 Å². The van der Waals surface area contributed by atoms with Gasteiger partial charge in [0.25, 0.3) is 0 Å². The molecule has 3 unspecified atom stereocenters. The first-order valence-corrected chi connectivity index (χ1v) is 8.72. The highest BCUT2D eigenvalue weighted by Crippen LogP contribution is 2.31. The van der Waals surface area contributed by atoms with Crippen LogP contribution in [-0.4, -0.2) is 31.1 Å². The molecule has 1 N–H and O–H groups in total. The van der Waals surface area contributed by atoms with Crippen molar-refractivity contribution in [3.63, 3.8) is 0 Å². The maximum absolute atomic E-state index is 11.4. The number of hydrogen-bond donors (Lipinski definition) is 1. The van der Waals surface area contributed by atoms with Crippen LogP contribution in [0.3, 0.4) is 0 Å². The summed E-state index contributed by atoms with van der Waals surface area (Å²) in [5.41, 5.74) is 1.35. The largest absolute Gasteiger partial charge is 0.393 e. The second kappa shape index (κ2) is 6.71. The van der Waals surface area contributed by atoms with Crippen LogP contribution in [0.5, 0.6) is 0 Å². The molecule has 1 aliphatic carbocycles. The van der Waals surface area contributed by atoms with Gasteiger partial charge >= 0.3 is 0 Å². The van der Waals surface area contributed by atoms with Crippen LogP contribution in [0.2, 0.25) is 0 Å². The number of rotatable bonds is 6.